The van der Waals surface area contributed by atoms with Crippen molar-refractivity contribution in [3.8, 4) is 0 Å². The number of methoxy groups -OCH3 is 2. The Kier molecular flexibility index (Phi) is 12.5. The molecule has 4 aliphatic carbocycles. The lowest BCUT2D eigenvalue weighted by atomic mass is 9.42. The van der Waals surface area contributed by atoms with Gasteiger partial charge >= 0.3 is 0 Å². The van der Waals surface area contributed by atoms with Crippen molar-refractivity contribution in [3.63, 3.8) is 0 Å². The Morgan fingerprint density at radius 2 is 1.50 bits per heavy atom. The van der Waals surface area contributed by atoms with E-state index in [1.54, 1.807) is 0 Å². The molecule has 3 unspecified atom stereocenters. The lowest BCUT2D eigenvalue weighted by Crippen LogP contribution is -2.68. The van der Waals surface area contributed by atoms with Crippen LogP contribution in [0.15, 0.2) is 0 Å². The molecular weight excluding hydrogens is 676 g/mol. The van der Waals surface area contributed by atoms with Gasteiger partial charge in [0.2, 0.25) is 0 Å². The van der Waals surface area contributed by atoms with Crippen LogP contribution in [0.2, 0.25) is 0 Å². The summed E-state index contributed by atoms with van der Waals surface area (Å²) in [6.07, 6.45) is -3.49. The summed E-state index contributed by atoms with van der Waals surface area (Å²) in [5.74, 6) is 0.0346. The lowest BCUT2D eigenvalue weighted by molar-refractivity contribution is -0.312. The fourth-order valence-corrected chi connectivity index (χ4v) is 12.4. The van der Waals surface area contributed by atoms with E-state index in [0.717, 1.165) is 25.7 Å². The first-order chi connectivity index (χ1) is 24.5. The molecule has 20 atom stereocenters. The van der Waals surface area contributed by atoms with Gasteiger partial charge in [-0.05, 0) is 91.8 Å². The molecule has 2 aliphatic heterocycles. The predicted molar refractivity (Wildman–Crippen MR) is 188 cm³/mol. The molecule has 0 aromatic rings. The monoisotopic (exact) mass is 744 g/mol. The van der Waals surface area contributed by atoms with Crippen LogP contribution in [0, 0.1) is 46.3 Å². The van der Waals surface area contributed by atoms with Crippen molar-refractivity contribution in [3.05, 3.63) is 0 Å². The van der Waals surface area contributed by atoms with E-state index >= 15 is 0 Å². The number of hydrogen-bond acceptors (Lipinski definition) is 13. The quantitative estimate of drug-likeness (QED) is 0.153. The first kappa shape index (κ1) is 41.1. The molecule has 0 radical (unpaired) electrons. The number of hydrogen-bond donors (Lipinski definition) is 7. The van der Waals surface area contributed by atoms with E-state index in [-0.39, 0.29) is 72.1 Å². The minimum atomic E-state index is -1.22. The molecule has 2 heterocycles. The molecule has 0 bridgehead atoms. The maximum absolute atomic E-state index is 12.7. The Morgan fingerprint density at radius 1 is 0.808 bits per heavy atom. The first-order valence-electron chi connectivity index (χ1n) is 19.9. The summed E-state index contributed by atoms with van der Waals surface area (Å²) in [6, 6.07) is 0. The number of rotatable bonds is 12. The normalized spacial score (nSPS) is 51.9. The zero-order valence-electron chi connectivity index (χ0n) is 32.3. The Labute approximate surface area is 309 Å². The third-order valence-corrected chi connectivity index (χ3v) is 15.1. The van der Waals surface area contributed by atoms with Gasteiger partial charge in [0.15, 0.2) is 12.6 Å². The zero-order chi connectivity index (χ0) is 37.9. The summed E-state index contributed by atoms with van der Waals surface area (Å²) in [5, 5.41) is 77.2. The highest BCUT2D eigenvalue weighted by molar-refractivity contribution is 5.20. The summed E-state index contributed by atoms with van der Waals surface area (Å²) < 4.78 is 36.0. The molecule has 7 N–H and O–H groups in total. The van der Waals surface area contributed by atoms with E-state index in [1.165, 1.54) is 14.2 Å². The molecule has 0 spiro atoms. The van der Waals surface area contributed by atoms with Crippen LogP contribution in [-0.4, -0.2) is 142 Å². The summed E-state index contributed by atoms with van der Waals surface area (Å²) in [5.41, 5.74) is -1.77. The van der Waals surface area contributed by atoms with Crippen LogP contribution in [0.3, 0.4) is 0 Å². The highest BCUT2D eigenvalue weighted by Gasteiger charge is 2.70. The van der Waals surface area contributed by atoms with Gasteiger partial charge in [-0.2, -0.15) is 0 Å². The highest BCUT2D eigenvalue weighted by atomic mass is 16.8. The first-order valence-corrected chi connectivity index (χ1v) is 19.9. The second-order valence-corrected chi connectivity index (χ2v) is 18.2. The standard InChI is InChI=1S/C39H68O13/c1-19(2)27(50-36-33(31(47-6)28(17-40)51-36)52-35-32(48-7)30(45)26(44)18-49-35)9-8-20(3)22-15-24(42)34-38(22,5)13-11-29-37(4)12-10-21(41)14-23(37)25(43)16-39(29,34)46/h19-36,40-46H,8-18H2,1-7H3/t20-,21+,22-,23?,24+,25+,26-,27+,28+,29?,30+,31+,32-,33-,34?,35+,36-,37+,38-,39+/m1/s1. The average Bonchev–Trinajstić information content (AvgIpc) is 3.57. The third kappa shape index (κ3) is 7.05. The molecule has 13 nitrogen and oxygen atoms in total. The van der Waals surface area contributed by atoms with Crippen molar-refractivity contribution in [2.45, 2.75) is 172 Å². The molecule has 4 saturated carbocycles. The number of aliphatic hydroxyl groups excluding tert-OH is 6. The maximum Gasteiger partial charge on any atom is 0.187 e. The summed E-state index contributed by atoms with van der Waals surface area (Å²) in [4.78, 5) is 0. The maximum atomic E-state index is 12.7. The molecule has 0 aromatic heterocycles. The van der Waals surface area contributed by atoms with Crippen LogP contribution in [0.5, 0.6) is 0 Å². The van der Waals surface area contributed by atoms with Gasteiger partial charge in [-0.1, -0.05) is 34.6 Å². The zero-order valence-corrected chi connectivity index (χ0v) is 32.3. The summed E-state index contributed by atoms with van der Waals surface area (Å²) >= 11 is 0. The summed E-state index contributed by atoms with van der Waals surface area (Å²) in [7, 11) is 2.91. The van der Waals surface area contributed by atoms with Gasteiger partial charge in [0, 0.05) is 26.6 Å². The SMILES string of the molecule is CO[C@@H]1[C@@H](O[C@@H]2OC[C@@H](O)[C@H](O)[C@H]2OC)[C@H](O[C@@H](CC[C@@H](C)[C@H]2C[C@H](O)C3[C@]4(O)C[C@H](O)C5C[C@@H](O)CC[C@]5(C)C4CC[C@@]32C)C(C)C)O[C@H]1CO. The topological polar surface area (TPSA) is 197 Å². The Morgan fingerprint density at radius 3 is 2.15 bits per heavy atom. The van der Waals surface area contributed by atoms with Gasteiger partial charge in [0.1, 0.15) is 36.6 Å². The lowest BCUT2D eigenvalue weighted by Gasteiger charge is -2.66. The Balaban J connectivity index is 1.14. The molecule has 13 heteroatoms. The van der Waals surface area contributed by atoms with Gasteiger partial charge in [-0.25, -0.2) is 0 Å². The van der Waals surface area contributed by atoms with Crippen molar-refractivity contribution in [2.75, 3.05) is 27.4 Å². The minimum absolute atomic E-state index is 0.0341. The van der Waals surface area contributed by atoms with Gasteiger partial charge < -0.3 is 64.2 Å². The van der Waals surface area contributed by atoms with Crippen molar-refractivity contribution in [2.24, 2.45) is 46.3 Å². The number of aliphatic hydroxyl groups is 7. The van der Waals surface area contributed by atoms with Crippen molar-refractivity contribution in [1.29, 1.82) is 0 Å². The average molecular weight is 745 g/mol. The largest absolute Gasteiger partial charge is 0.394 e. The molecule has 0 amide bonds. The van der Waals surface area contributed by atoms with Gasteiger partial charge in [0.05, 0.1) is 43.2 Å². The van der Waals surface area contributed by atoms with Gasteiger partial charge in [-0.15, -0.1) is 0 Å². The van der Waals surface area contributed by atoms with Crippen molar-refractivity contribution in [1.82, 2.24) is 0 Å². The molecule has 6 rings (SSSR count). The predicted octanol–water partition coefficient (Wildman–Crippen LogP) is 1.73. The number of ether oxygens (including phenoxy) is 6. The Hall–Kier alpha value is -0.520. The second kappa shape index (κ2) is 15.8. The van der Waals surface area contributed by atoms with Crippen LogP contribution in [0.4, 0.5) is 0 Å². The van der Waals surface area contributed by atoms with E-state index in [4.69, 9.17) is 28.4 Å². The van der Waals surface area contributed by atoms with E-state index in [1.807, 2.05) is 0 Å². The smallest absolute Gasteiger partial charge is 0.187 e. The van der Waals surface area contributed by atoms with E-state index in [9.17, 15) is 35.7 Å². The fourth-order valence-electron chi connectivity index (χ4n) is 12.4. The molecule has 52 heavy (non-hydrogen) atoms. The van der Waals surface area contributed by atoms with E-state index < -0.39 is 73.1 Å². The van der Waals surface area contributed by atoms with Crippen LogP contribution in [-0.2, 0) is 28.4 Å². The molecule has 6 fully saturated rings. The molecule has 6 aliphatic rings. The highest BCUT2D eigenvalue weighted by Crippen LogP contribution is 2.69. The Bertz CT molecular complexity index is 1190. The van der Waals surface area contributed by atoms with Gasteiger partial charge in [0.25, 0.3) is 0 Å². The van der Waals surface area contributed by atoms with Crippen molar-refractivity contribution < 1.29 is 64.2 Å². The van der Waals surface area contributed by atoms with Crippen LogP contribution < -0.4 is 0 Å². The fraction of sp³-hybridized carbons (Fsp3) is 1.00. The van der Waals surface area contributed by atoms with E-state index in [0.29, 0.717) is 25.7 Å². The molecule has 0 aromatic carbocycles. The van der Waals surface area contributed by atoms with E-state index in [2.05, 4.69) is 34.6 Å². The van der Waals surface area contributed by atoms with Crippen LogP contribution in [0.1, 0.15) is 92.4 Å². The number of fused-ring (bicyclic) bond motifs is 5. The van der Waals surface area contributed by atoms with Crippen LogP contribution >= 0.6 is 0 Å². The molecule has 2 saturated heterocycles. The van der Waals surface area contributed by atoms with Crippen molar-refractivity contribution >= 4 is 0 Å². The minimum Gasteiger partial charge on any atom is -0.394 e. The summed E-state index contributed by atoms with van der Waals surface area (Å²) in [6.45, 7) is 10.4. The molecule has 302 valence electrons. The third-order valence-electron chi connectivity index (χ3n) is 15.1. The second-order valence-electron chi connectivity index (χ2n) is 18.2. The van der Waals surface area contributed by atoms with Crippen LogP contribution in [0.25, 0.3) is 0 Å². The van der Waals surface area contributed by atoms with Gasteiger partial charge in [-0.3, -0.25) is 0 Å². The molecular formula is C39H68O13.